The van der Waals surface area contributed by atoms with Crippen LogP contribution in [0.2, 0.25) is 0 Å². The van der Waals surface area contributed by atoms with Gasteiger partial charge in [-0.25, -0.2) is 19.2 Å². The quantitative estimate of drug-likeness (QED) is 0.0560. The van der Waals surface area contributed by atoms with Crippen molar-refractivity contribution < 1.29 is 52.3 Å². The third-order valence-electron chi connectivity index (χ3n) is 7.92. The van der Waals surface area contributed by atoms with Gasteiger partial charge in [0.2, 0.25) is 0 Å². The normalized spacial score (nSPS) is 19.5. The van der Waals surface area contributed by atoms with Gasteiger partial charge in [0.1, 0.15) is 24.2 Å². The maximum Gasteiger partial charge on any atom is 0.338 e. The van der Waals surface area contributed by atoms with Crippen molar-refractivity contribution in [3.8, 4) is 11.5 Å². The van der Waals surface area contributed by atoms with Crippen molar-refractivity contribution in [2.24, 2.45) is 0 Å². The summed E-state index contributed by atoms with van der Waals surface area (Å²) in [4.78, 5) is 53.3. The fraction of sp³-hybridized carbons (Fsp3) is 0.200. The minimum Gasteiger partial charge on any atom is -0.497 e. The lowest BCUT2D eigenvalue weighted by atomic mass is 9.99. The molecule has 0 saturated carbocycles. The Bertz CT molecular complexity index is 1960. The number of hydrogen-bond acceptors (Lipinski definition) is 11. The van der Waals surface area contributed by atoms with Crippen LogP contribution < -0.4 is 9.47 Å². The SMILES string of the molecule is COc1ccc(/C=C/C(=O)OC[C@H]2O[C@H](Br)[C@H](OC(=O)c3ccc(Br)cc3)[C@@H](OC(=O)c3ccc(Br)cc3)[C@@H]2OC(=O)/C=C/c2ccc(OC)cc2)cc1. The van der Waals surface area contributed by atoms with Crippen molar-refractivity contribution in [1.82, 2.24) is 0 Å². The molecule has 0 aromatic heterocycles. The molecule has 280 valence electrons. The summed E-state index contributed by atoms with van der Waals surface area (Å²) >= 11 is 10.1. The lowest BCUT2D eigenvalue weighted by molar-refractivity contribution is -0.219. The zero-order valence-electron chi connectivity index (χ0n) is 28.8. The second-order valence-electron chi connectivity index (χ2n) is 11.5. The Kier molecular flexibility index (Phi) is 14.6. The van der Waals surface area contributed by atoms with E-state index in [2.05, 4.69) is 47.8 Å². The molecule has 5 atom stereocenters. The van der Waals surface area contributed by atoms with Gasteiger partial charge in [-0.3, -0.25) is 0 Å². The summed E-state index contributed by atoms with van der Waals surface area (Å²) in [7, 11) is 3.09. The summed E-state index contributed by atoms with van der Waals surface area (Å²) in [5.74, 6) is -1.84. The molecular weight excluding hydrogens is 896 g/mol. The van der Waals surface area contributed by atoms with Crippen LogP contribution in [0.5, 0.6) is 11.5 Å². The summed E-state index contributed by atoms with van der Waals surface area (Å²) in [5.41, 5.74) is 1.76. The van der Waals surface area contributed by atoms with Gasteiger partial charge in [-0.05, 0) is 96.1 Å². The third kappa shape index (κ3) is 11.4. The van der Waals surface area contributed by atoms with Crippen molar-refractivity contribution in [2.45, 2.75) is 29.4 Å². The minimum atomic E-state index is -1.45. The van der Waals surface area contributed by atoms with E-state index in [-0.39, 0.29) is 11.1 Å². The molecule has 5 rings (SSSR count). The first kappa shape index (κ1) is 40.4. The van der Waals surface area contributed by atoms with E-state index in [0.717, 1.165) is 8.95 Å². The van der Waals surface area contributed by atoms with Crippen LogP contribution in [0.4, 0.5) is 0 Å². The monoisotopic (exact) mass is 926 g/mol. The van der Waals surface area contributed by atoms with Crippen LogP contribution in [0.3, 0.4) is 0 Å². The van der Waals surface area contributed by atoms with Gasteiger partial charge >= 0.3 is 23.9 Å². The zero-order valence-corrected chi connectivity index (χ0v) is 33.5. The predicted molar refractivity (Wildman–Crippen MR) is 209 cm³/mol. The highest BCUT2D eigenvalue weighted by molar-refractivity contribution is 9.10. The topological polar surface area (TPSA) is 133 Å². The molecule has 0 amide bonds. The number of carbonyl (C=O) groups is 4. The summed E-state index contributed by atoms with van der Waals surface area (Å²) in [6, 6.07) is 26.8. The molecule has 4 aromatic carbocycles. The van der Waals surface area contributed by atoms with Gasteiger partial charge in [0, 0.05) is 21.1 Å². The van der Waals surface area contributed by atoms with Gasteiger partial charge in [-0.1, -0.05) is 72.1 Å². The largest absolute Gasteiger partial charge is 0.497 e. The van der Waals surface area contributed by atoms with Crippen LogP contribution in [-0.4, -0.2) is 74.1 Å². The number of ether oxygens (including phenoxy) is 7. The van der Waals surface area contributed by atoms with Gasteiger partial charge in [0.15, 0.2) is 23.3 Å². The Morgan fingerprint density at radius 3 is 1.50 bits per heavy atom. The van der Waals surface area contributed by atoms with Crippen molar-refractivity contribution in [1.29, 1.82) is 0 Å². The van der Waals surface area contributed by atoms with E-state index in [1.807, 2.05) is 0 Å². The van der Waals surface area contributed by atoms with E-state index in [9.17, 15) is 19.2 Å². The molecule has 0 unspecified atom stereocenters. The second kappa shape index (κ2) is 19.5. The number of halogens is 3. The molecular formula is C40H33Br3O11. The van der Waals surface area contributed by atoms with Gasteiger partial charge in [0.25, 0.3) is 0 Å². The second-order valence-corrected chi connectivity index (χ2v) is 14.3. The smallest absolute Gasteiger partial charge is 0.338 e. The Labute approximate surface area is 336 Å². The standard InChI is InChI=1S/C40H33Br3O11/c1-48-30-17-3-24(4-18-30)7-21-33(44)50-23-32-35(52-34(45)22-8-25-5-19-31(49-2)20-6-25)36(53-39(46)26-9-13-28(41)14-10-26)37(38(43)51-32)54-40(47)27-11-15-29(42)16-12-27/h3-22,32,35-38H,23H2,1-2H3/b21-7+,22-8+/t32-,35-,36+,37-,38+/m1/s1. The lowest BCUT2D eigenvalue weighted by Gasteiger charge is -2.42. The van der Waals surface area contributed by atoms with E-state index in [1.54, 1.807) is 105 Å². The Morgan fingerprint density at radius 1 is 0.593 bits per heavy atom. The lowest BCUT2D eigenvalue weighted by Crippen LogP contribution is -2.61. The summed E-state index contributed by atoms with van der Waals surface area (Å²) < 4.78 is 41.3. The molecule has 11 nitrogen and oxygen atoms in total. The summed E-state index contributed by atoms with van der Waals surface area (Å²) in [6.07, 6.45) is 0.0525. The van der Waals surface area contributed by atoms with Gasteiger partial charge in [0.05, 0.1) is 25.3 Å². The van der Waals surface area contributed by atoms with Crippen molar-refractivity contribution in [2.75, 3.05) is 20.8 Å². The third-order valence-corrected chi connectivity index (χ3v) is 9.71. The molecule has 0 radical (unpaired) electrons. The molecule has 0 N–H and O–H groups in total. The molecule has 14 heteroatoms. The first-order valence-electron chi connectivity index (χ1n) is 16.3. The molecule has 0 bridgehead atoms. The van der Waals surface area contributed by atoms with Crippen LogP contribution in [0.25, 0.3) is 12.2 Å². The average Bonchev–Trinajstić information content (AvgIpc) is 3.18. The number of carbonyl (C=O) groups excluding carboxylic acids is 4. The zero-order chi connectivity index (χ0) is 38.6. The summed E-state index contributed by atoms with van der Waals surface area (Å²) in [6.45, 7) is -0.437. The van der Waals surface area contributed by atoms with Gasteiger partial charge in [-0.2, -0.15) is 0 Å². The molecule has 1 fully saturated rings. The number of methoxy groups -OCH3 is 2. The van der Waals surface area contributed by atoms with Crippen molar-refractivity contribution in [3.63, 3.8) is 0 Å². The Morgan fingerprint density at radius 2 is 1.04 bits per heavy atom. The average molecular weight is 929 g/mol. The fourth-order valence-electron chi connectivity index (χ4n) is 5.10. The molecule has 4 aromatic rings. The molecule has 1 aliphatic rings. The molecule has 1 saturated heterocycles. The Hall–Kier alpha value is -4.76. The van der Waals surface area contributed by atoms with E-state index in [0.29, 0.717) is 22.6 Å². The Balaban J connectivity index is 1.43. The van der Waals surface area contributed by atoms with E-state index in [1.165, 1.54) is 30.4 Å². The first-order chi connectivity index (χ1) is 26.0. The molecule has 1 aliphatic heterocycles. The van der Waals surface area contributed by atoms with Crippen molar-refractivity contribution in [3.05, 3.63) is 140 Å². The van der Waals surface area contributed by atoms with E-state index < -0.39 is 59.9 Å². The first-order valence-corrected chi connectivity index (χ1v) is 18.8. The van der Waals surface area contributed by atoms with Crippen LogP contribution in [0.1, 0.15) is 31.8 Å². The highest BCUT2D eigenvalue weighted by Gasteiger charge is 2.52. The van der Waals surface area contributed by atoms with E-state index in [4.69, 9.17) is 33.2 Å². The number of benzene rings is 4. The number of alkyl halides is 1. The highest BCUT2D eigenvalue weighted by Crippen LogP contribution is 2.33. The maximum atomic E-state index is 13.6. The van der Waals surface area contributed by atoms with Crippen LogP contribution >= 0.6 is 47.8 Å². The van der Waals surface area contributed by atoms with Crippen LogP contribution in [0.15, 0.2) is 118 Å². The number of esters is 4. The van der Waals surface area contributed by atoms with Crippen LogP contribution in [0, 0.1) is 0 Å². The maximum absolute atomic E-state index is 13.6. The van der Waals surface area contributed by atoms with Crippen molar-refractivity contribution >= 4 is 83.8 Å². The fourth-order valence-corrected chi connectivity index (χ4v) is 6.32. The number of hydrogen-bond donors (Lipinski definition) is 0. The molecule has 0 spiro atoms. The molecule has 1 heterocycles. The highest BCUT2D eigenvalue weighted by atomic mass is 79.9. The predicted octanol–water partition coefficient (Wildman–Crippen LogP) is 7.98. The molecule has 0 aliphatic carbocycles. The summed E-state index contributed by atoms with van der Waals surface area (Å²) in [5, 5.41) is -1.11. The van der Waals surface area contributed by atoms with Gasteiger partial charge < -0.3 is 33.2 Å². The van der Waals surface area contributed by atoms with Gasteiger partial charge in [-0.15, -0.1) is 0 Å². The molecule has 54 heavy (non-hydrogen) atoms. The van der Waals surface area contributed by atoms with E-state index >= 15 is 0 Å². The number of rotatable bonds is 13. The van der Waals surface area contributed by atoms with Crippen LogP contribution in [-0.2, 0) is 33.3 Å². The minimum absolute atomic E-state index is 0.171.